The number of nitriles is 1. The van der Waals surface area contributed by atoms with Crippen LogP contribution in [0.25, 0.3) is 0 Å². The lowest BCUT2D eigenvalue weighted by atomic mass is 10.1. The van der Waals surface area contributed by atoms with Gasteiger partial charge in [-0.25, -0.2) is 0 Å². The molecule has 0 saturated carbocycles. The Labute approximate surface area is 140 Å². The molecular weight excluding hydrogens is 310 g/mol. The second-order valence-electron chi connectivity index (χ2n) is 5.39. The quantitative estimate of drug-likeness (QED) is 0.852. The van der Waals surface area contributed by atoms with Crippen molar-refractivity contribution >= 4 is 23.2 Å². The van der Waals surface area contributed by atoms with Crippen LogP contribution < -0.4 is 4.90 Å². The molecule has 3 rings (SSSR count). The summed E-state index contributed by atoms with van der Waals surface area (Å²) >= 11 is 6.11. The predicted molar refractivity (Wildman–Crippen MR) is 90.7 cm³/mol. The van der Waals surface area contributed by atoms with Crippen molar-refractivity contribution in [2.45, 2.75) is 0 Å². The Morgan fingerprint density at radius 3 is 2.35 bits per heavy atom. The molecule has 1 fully saturated rings. The highest BCUT2D eigenvalue weighted by Gasteiger charge is 2.24. The lowest BCUT2D eigenvalue weighted by molar-refractivity contribution is 0.0747. The zero-order valence-electron chi connectivity index (χ0n) is 12.6. The normalized spacial score (nSPS) is 14.4. The van der Waals surface area contributed by atoms with Gasteiger partial charge in [0.2, 0.25) is 0 Å². The first kappa shape index (κ1) is 15.4. The molecular formula is C18H16ClN3O. The number of anilines is 1. The Morgan fingerprint density at radius 2 is 1.65 bits per heavy atom. The van der Waals surface area contributed by atoms with E-state index in [1.807, 2.05) is 41.3 Å². The number of amides is 1. The molecule has 2 aromatic rings. The number of hydrogen-bond donors (Lipinski definition) is 0. The summed E-state index contributed by atoms with van der Waals surface area (Å²) in [4.78, 5) is 16.5. The van der Waals surface area contributed by atoms with E-state index in [0.717, 1.165) is 5.69 Å². The van der Waals surface area contributed by atoms with E-state index >= 15 is 0 Å². The molecule has 23 heavy (non-hydrogen) atoms. The van der Waals surface area contributed by atoms with E-state index in [1.54, 1.807) is 12.1 Å². The third-order valence-corrected chi connectivity index (χ3v) is 4.37. The molecule has 0 N–H and O–H groups in total. The van der Waals surface area contributed by atoms with Crippen LogP contribution in [0.5, 0.6) is 0 Å². The molecule has 4 nitrogen and oxygen atoms in total. The summed E-state index contributed by atoms with van der Waals surface area (Å²) in [5.41, 5.74) is 2.14. The maximum absolute atomic E-state index is 12.6. The fourth-order valence-corrected chi connectivity index (χ4v) is 3.02. The van der Waals surface area contributed by atoms with Gasteiger partial charge in [0, 0.05) is 26.2 Å². The Bertz CT molecular complexity index is 761. The standard InChI is InChI=1S/C18H16ClN3O/c19-16-7-3-2-6-15(16)18(23)22-11-9-21(10-12-22)17-8-4-1-5-14(17)13-20/h1-8H,9-12H2. The zero-order valence-corrected chi connectivity index (χ0v) is 13.3. The van der Waals surface area contributed by atoms with Crippen LogP contribution in [0.4, 0.5) is 5.69 Å². The minimum atomic E-state index is -0.0381. The molecule has 1 heterocycles. The van der Waals surface area contributed by atoms with E-state index in [4.69, 9.17) is 11.6 Å². The highest BCUT2D eigenvalue weighted by Crippen LogP contribution is 2.23. The maximum Gasteiger partial charge on any atom is 0.255 e. The highest BCUT2D eigenvalue weighted by molar-refractivity contribution is 6.33. The summed E-state index contributed by atoms with van der Waals surface area (Å²) in [6.07, 6.45) is 0. The number of carbonyl (C=O) groups is 1. The van der Waals surface area contributed by atoms with Gasteiger partial charge in [0.25, 0.3) is 5.91 Å². The Morgan fingerprint density at radius 1 is 1.00 bits per heavy atom. The van der Waals surface area contributed by atoms with Gasteiger partial charge in [0.05, 0.1) is 21.8 Å². The number of halogens is 1. The molecule has 0 atom stereocenters. The fourth-order valence-electron chi connectivity index (χ4n) is 2.80. The SMILES string of the molecule is N#Cc1ccccc1N1CCN(C(=O)c2ccccc2Cl)CC1. The Kier molecular flexibility index (Phi) is 4.50. The van der Waals surface area contributed by atoms with Crippen molar-refractivity contribution in [2.24, 2.45) is 0 Å². The number of piperazine rings is 1. The topological polar surface area (TPSA) is 47.3 Å². The average molecular weight is 326 g/mol. The molecule has 1 aliphatic rings. The molecule has 1 aliphatic heterocycles. The van der Waals surface area contributed by atoms with Crippen molar-refractivity contribution in [1.82, 2.24) is 4.90 Å². The summed E-state index contributed by atoms with van der Waals surface area (Å²) in [6, 6.07) is 16.9. The first-order chi connectivity index (χ1) is 11.2. The highest BCUT2D eigenvalue weighted by atomic mass is 35.5. The van der Waals surface area contributed by atoms with Crippen molar-refractivity contribution in [3.8, 4) is 6.07 Å². The molecule has 2 aromatic carbocycles. The monoisotopic (exact) mass is 325 g/mol. The van der Waals surface area contributed by atoms with Gasteiger partial charge in [0.15, 0.2) is 0 Å². The van der Waals surface area contributed by atoms with Crippen LogP contribution in [0.3, 0.4) is 0 Å². The number of benzene rings is 2. The second kappa shape index (κ2) is 6.72. The maximum atomic E-state index is 12.6. The fraction of sp³-hybridized carbons (Fsp3) is 0.222. The molecule has 0 bridgehead atoms. The van der Waals surface area contributed by atoms with Gasteiger partial charge in [0.1, 0.15) is 6.07 Å². The Hall–Kier alpha value is -2.51. The van der Waals surface area contributed by atoms with Crippen LogP contribution >= 0.6 is 11.6 Å². The average Bonchev–Trinajstić information content (AvgIpc) is 2.61. The summed E-state index contributed by atoms with van der Waals surface area (Å²) in [6.45, 7) is 2.64. The van der Waals surface area contributed by atoms with E-state index in [0.29, 0.717) is 42.3 Å². The minimum absolute atomic E-state index is 0.0381. The van der Waals surface area contributed by atoms with Gasteiger partial charge >= 0.3 is 0 Å². The smallest absolute Gasteiger partial charge is 0.255 e. The van der Waals surface area contributed by atoms with Crippen molar-refractivity contribution in [3.05, 3.63) is 64.7 Å². The minimum Gasteiger partial charge on any atom is -0.367 e. The van der Waals surface area contributed by atoms with Crippen LogP contribution in [-0.2, 0) is 0 Å². The van der Waals surface area contributed by atoms with Gasteiger partial charge < -0.3 is 9.80 Å². The first-order valence-corrected chi connectivity index (χ1v) is 7.86. The molecule has 1 amide bonds. The lowest BCUT2D eigenvalue weighted by Crippen LogP contribution is -2.49. The van der Waals surface area contributed by atoms with Gasteiger partial charge in [-0.1, -0.05) is 35.9 Å². The molecule has 0 radical (unpaired) electrons. The number of rotatable bonds is 2. The van der Waals surface area contributed by atoms with Crippen LogP contribution in [0.15, 0.2) is 48.5 Å². The van der Waals surface area contributed by atoms with Crippen molar-refractivity contribution in [3.63, 3.8) is 0 Å². The molecule has 0 aliphatic carbocycles. The molecule has 116 valence electrons. The van der Waals surface area contributed by atoms with E-state index in [-0.39, 0.29) is 5.91 Å². The number of nitrogens with zero attached hydrogens (tertiary/aromatic N) is 3. The van der Waals surface area contributed by atoms with Crippen LogP contribution in [0.1, 0.15) is 15.9 Å². The molecule has 0 unspecified atom stereocenters. The summed E-state index contributed by atoms with van der Waals surface area (Å²) in [5.74, 6) is -0.0381. The summed E-state index contributed by atoms with van der Waals surface area (Å²) in [7, 11) is 0. The van der Waals surface area contributed by atoms with Gasteiger partial charge in [-0.15, -0.1) is 0 Å². The summed E-state index contributed by atoms with van der Waals surface area (Å²) < 4.78 is 0. The van der Waals surface area contributed by atoms with E-state index in [9.17, 15) is 10.1 Å². The van der Waals surface area contributed by atoms with Crippen molar-refractivity contribution in [1.29, 1.82) is 5.26 Å². The first-order valence-electron chi connectivity index (χ1n) is 7.48. The number of hydrogen-bond acceptors (Lipinski definition) is 3. The van der Waals surface area contributed by atoms with E-state index in [2.05, 4.69) is 11.0 Å². The van der Waals surface area contributed by atoms with Gasteiger partial charge in [-0.05, 0) is 24.3 Å². The van der Waals surface area contributed by atoms with Crippen LogP contribution in [-0.4, -0.2) is 37.0 Å². The third-order valence-electron chi connectivity index (χ3n) is 4.04. The largest absolute Gasteiger partial charge is 0.367 e. The van der Waals surface area contributed by atoms with Gasteiger partial charge in [-0.2, -0.15) is 5.26 Å². The van der Waals surface area contributed by atoms with Crippen LogP contribution in [0.2, 0.25) is 5.02 Å². The van der Waals surface area contributed by atoms with Gasteiger partial charge in [-0.3, -0.25) is 4.79 Å². The third kappa shape index (κ3) is 3.15. The number of carbonyl (C=O) groups excluding carboxylic acids is 1. The van der Waals surface area contributed by atoms with Crippen molar-refractivity contribution < 1.29 is 4.79 Å². The Balaban J connectivity index is 1.71. The second-order valence-corrected chi connectivity index (χ2v) is 5.80. The lowest BCUT2D eigenvalue weighted by Gasteiger charge is -2.36. The molecule has 0 aromatic heterocycles. The van der Waals surface area contributed by atoms with E-state index in [1.165, 1.54) is 0 Å². The molecule has 0 spiro atoms. The zero-order chi connectivity index (χ0) is 16.2. The van der Waals surface area contributed by atoms with Crippen molar-refractivity contribution in [2.75, 3.05) is 31.1 Å². The molecule has 1 saturated heterocycles. The summed E-state index contributed by atoms with van der Waals surface area (Å²) in [5, 5.41) is 9.69. The predicted octanol–water partition coefficient (Wildman–Crippen LogP) is 3.17. The van der Waals surface area contributed by atoms with E-state index < -0.39 is 0 Å². The number of para-hydroxylation sites is 1. The molecule has 5 heteroatoms. The van der Waals surface area contributed by atoms with Crippen LogP contribution in [0, 0.1) is 11.3 Å².